The summed E-state index contributed by atoms with van der Waals surface area (Å²) in [6.45, 7) is 7.04. The molecule has 0 spiro atoms. The van der Waals surface area contributed by atoms with Crippen molar-refractivity contribution >= 4 is 0 Å². The van der Waals surface area contributed by atoms with Crippen LogP contribution in [0.4, 0.5) is 0 Å². The molecule has 1 aliphatic rings. The summed E-state index contributed by atoms with van der Waals surface area (Å²) in [7, 11) is 0. The molecule has 21 heavy (non-hydrogen) atoms. The van der Waals surface area contributed by atoms with Gasteiger partial charge in [0, 0.05) is 11.5 Å². The zero-order chi connectivity index (χ0) is 14.9. The van der Waals surface area contributed by atoms with Crippen LogP contribution < -0.4 is 0 Å². The molecule has 112 valence electrons. The monoisotopic (exact) mass is 284 g/mol. The van der Waals surface area contributed by atoms with E-state index in [9.17, 15) is 0 Å². The van der Waals surface area contributed by atoms with Crippen LogP contribution >= 0.6 is 0 Å². The number of aromatic nitrogens is 2. The summed E-state index contributed by atoms with van der Waals surface area (Å²) < 4.78 is 5.91. The summed E-state index contributed by atoms with van der Waals surface area (Å²) >= 11 is 0. The van der Waals surface area contributed by atoms with Gasteiger partial charge in [0.1, 0.15) is 0 Å². The van der Waals surface area contributed by atoms with Crippen molar-refractivity contribution in [1.82, 2.24) is 10.2 Å². The first-order chi connectivity index (χ1) is 10.0. The highest BCUT2D eigenvalue weighted by Crippen LogP contribution is 2.43. The van der Waals surface area contributed by atoms with Crippen LogP contribution in [0.2, 0.25) is 0 Å². The lowest BCUT2D eigenvalue weighted by Gasteiger charge is -2.36. The molecule has 0 aliphatic heterocycles. The SMILES string of the molecule is CC(C)(C)C1CCC(c2nnc(-c3ccccc3)o2)CC1. The summed E-state index contributed by atoms with van der Waals surface area (Å²) in [5.41, 5.74) is 1.41. The molecular weight excluding hydrogens is 260 g/mol. The normalized spacial score (nSPS) is 23.2. The second-order valence-corrected chi connectivity index (χ2v) is 7.23. The molecule has 1 fully saturated rings. The summed E-state index contributed by atoms with van der Waals surface area (Å²) in [5.74, 6) is 2.71. The van der Waals surface area contributed by atoms with Crippen LogP contribution in [0.3, 0.4) is 0 Å². The van der Waals surface area contributed by atoms with Crippen molar-refractivity contribution in [3.05, 3.63) is 36.2 Å². The molecule has 0 amide bonds. The molecule has 0 N–H and O–H groups in total. The summed E-state index contributed by atoms with van der Waals surface area (Å²) in [4.78, 5) is 0. The number of hydrogen-bond acceptors (Lipinski definition) is 3. The van der Waals surface area contributed by atoms with Crippen molar-refractivity contribution in [3.8, 4) is 11.5 Å². The molecule has 1 saturated carbocycles. The van der Waals surface area contributed by atoms with E-state index >= 15 is 0 Å². The lowest BCUT2D eigenvalue weighted by molar-refractivity contribution is 0.162. The fourth-order valence-electron chi connectivity index (χ4n) is 3.30. The fraction of sp³-hybridized carbons (Fsp3) is 0.556. The van der Waals surface area contributed by atoms with Gasteiger partial charge in [0.15, 0.2) is 0 Å². The van der Waals surface area contributed by atoms with Crippen LogP contribution in [0.1, 0.15) is 58.3 Å². The zero-order valence-electron chi connectivity index (χ0n) is 13.2. The van der Waals surface area contributed by atoms with Gasteiger partial charge in [0.2, 0.25) is 11.8 Å². The maximum absolute atomic E-state index is 5.91. The lowest BCUT2D eigenvalue weighted by Crippen LogP contribution is -2.25. The third-order valence-corrected chi connectivity index (χ3v) is 4.76. The van der Waals surface area contributed by atoms with Crippen LogP contribution in [0, 0.1) is 11.3 Å². The standard InChI is InChI=1S/C18H24N2O/c1-18(2,3)15-11-9-14(10-12-15)17-20-19-16(21-17)13-7-5-4-6-8-13/h4-8,14-15H,9-12H2,1-3H3. The molecule has 1 aliphatic carbocycles. The van der Waals surface area contributed by atoms with E-state index in [0.29, 0.717) is 17.2 Å². The molecular formula is C18H24N2O. The molecule has 1 aromatic heterocycles. The van der Waals surface area contributed by atoms with Crippen molar-refractivity contribution in [3.63, 3.8) is 0 Å². The number of nitrogens with zero attached hydrogens (tertiary/aromatic N) is 2. The molecule has 3 nitrogen and oxygen atoms in total. The zero-order valence-corrected chi connectivity index (χ0v) is 13.2. The molecule has 0 bridgehead atoms. The molecule has 3 rings (SSSR count). The third kappa shape index (κ3) is 3.17. The Bertz CT molecular complexity index is 575. The molecule has 1 heterocycles. The highest BCUT2D eigenvalue weighted by molar-refractivity contribution is 5.51. The Labute approximate surface area is 126 Å². The first-order valence-electron chi connectivity index (χ1n) is 7.93. The predicted octanol–water partition coefficient (Wildman–Crippen LogP) is 5.06. The molecule has 1 aromatic carbocycles. The Morgan fingerprint density at radius 1 is 0.952 bits per heavy atom. The van der Waals surface area contributed by atoms with Crippen LogP contribution in [-0.2, 0) is 0 Å². The van der Waals surface area contributed by atoms with E-state index in [1.807, 2.05) is 30.3 Å². The Hall–Kier alpha value is -1.64. The van der Waals surface area contributed by atoms with E-state index in [4.69, 9.17) is 4.42 Å². The molecule has 0 unspecified atom stereocenters. The average molecular weight is 284 g/mol. The van der Waals surface area contributed by atoms with Gasteiger partial charge in [-0.3, -0.25) is 0 Å². The maximum Gasteiger partial charge on any atom is 0.247 e. The number of benzene rings is 1. The van der Waals surface area contributed by atoms with E-state index in [1.54, 1.807) is 0 Å². The Balaban J connectivity index is 1.68. The van der Waals surface area contributed by atoms with Gasteiger partial charge < -0.3 is 4.42 Å². The minimum atomic E-state index is 0.412. The van der Waals surface area contributed by atoms with Crippen LogP contribution in [-0.4, -0.2) is 10.2 Å². The van der Waals surface area contributed by atoms with E-state index in [1.165, 1.54) is 25.7 Å². The van der Waals surface area contributed by atoms with Crippen molar-refractivity contribution in [2.75, 3.05) is 0 Å². The van der Waals surface area contributed by atoms with Crippen molar-refractivity contribution in [2.45, 2.75) is 52.4 Å². The average Bonchev–Trinajstić information content (AvgIpc) is 2.97. The number of rotatable bonds is 2. The number of hydrogen-bond donors (Lipinski definition) is 0. The summed E-state index contributed by atoms with van der Waals surface area (Å²) in [6, 6.07) is 10.00. The minimum absolute atomic E-state index is 0.412. The summed E-state index contributed by atoms with van der Waals surface area (Å²) in [6.07, 6.45) is 4.85. The predicted molar refractivity (Wildman–Crippen MR) is 83.9 cm³/mol. The first-order valence-corrected chi connectivity index (χ1v) is 7.93. The van der Waals surface area contributed by atoms with Gasteiger partial charge in [-0.05, 0) is 49.1 Å². The van der Waals surface area contributed by atoms with Gasteiger partial charge in [0.05, 0.1) is 0 Å². The van der Waals surface area contributed by atoms with E-state index in [-0.39, 0.29) is 0 Å². The molecule has 0 radical (unpaired) electrons. The second-order valence-electron chi connectivity index (χ2n) is 7.23. The smallest absolute Gasteiger partial charge is 0.247 e. The second kappa shape index (κ2) is 5.63. The van der Waals surface area contributed by atoms with E-state index in [0.717, 1.165) is 17.4 Å². The van der Waals surface area contributed by atoms with Crippen molar-refractivity contribution in [2.24, 2.45) is 11.3 Å². The fourth-order valence-corrected chi connectivity index (χ4v) is 3.30. The van der Waals surface area contributed by atoms with E-state index in [2.05, 4.69) is 31.0 Å². The van der Waals surface area contributed by atoms with Crippen molar-refractivity contribution < 1.29 is 4.42 Å². The van der Waals surface area contributed by atoms with Gasteiger partial charge in [-0.1, -0.05) is 39.0 Å². The van der Waals surface area contributed by atoms with Gasteiger partial charge >= 0.3 is 0 Å². The Kier molecular flexibility index (Phi) is 3.83. The molecule has 0 saturated heterocycles. The topological polar surface area (TPSA) is 38.9 Å². The third-order valence-electron chi connectivity index (χ3n) is 4.76. The Morgan fingerprint density at radius 2 is 1.62 bits per heavy atom. The largest absolute Gasteiger partial charge is 0.420 e. The molecule has 2 aromatic rings. The lowest BCUT2D eigenvalue weighted by atomic mass is 9.70. The Morgan fingerprint density at radius 3 is 2.24 bits per heavy atom. The van der Waals surface area contributed by atoms with Gasteiger partial charge in [-0.25, -0.2) is 0 Å². The van der Waals surface area contributed by atoms with E-state index < -0.39 is 0 Å². The van der Waals surface area contributed by atoms with Gasteiger partial charge in [0.25, 0.3) is 0 Å². The maximum atomic E-state index is 5.91. The van der Waals surface area contributed by atoms with Crippen LogP contribution in [0.25, 0.3) is 11.5 Å². The molecule has 3 heteroatoms. The van der Waals surface area contributed by atoms with Crippen LogP contribution in [0.15, 0.2) is 34.7 Å². The first kappa shape index (κ1) is 14.3. The highest BCUT2D eigenvalue weighted by atomic mass is 16.4. The molecule has 0 atom stereocenters. The quantitative estimate of drug-likeness (QED) is 0.774. The van der Waals surface area contributed by atoms with Crippen LogP contribution in [0.5, 0.6) is 0 Å². The highest BCUT2D eigenvalue weighted by Gasteiger charge is 2.32. The minimum Gasteiger partial charge on any atom is -0.420 e. The van der Waals surface area contributed by atoms with Gasteiger partial charge in [-0.2, -0.15) is 0 Å². The summed E-state index contributed by atoms with van der Waals surface area (Å²) in [5, 5.41) is 8.50. The van der Waals surface area contributed by atoms with Crippen molar-refractivity contribution in [1.29, 1.82) is 0 Å². The van der Waals surface area contributed by atoms with Gasteiger partial charge in [-0.15, -0.1) is 10.2 Å².